The fourth-order valence-electron chi connectivity index (χ4n) is 1.29. The highest BCUT2D eigenvalue weighted by molar-refractivity contribution is 5.71. The minimum atomic E-state index is -0.267. The van der Waals surface area contributed by atoms with E-state index in [4.69, 9.17) is 4.74 Å². The number of amides is 1. The summed E-state index contributed by atoms with van der Waals surface area (Å²) in [6.45, 7) is 8.18. The molecule has 13 heavy (non-hydrogen) atoms. The Kier molecular flexibility index (Phi) is 3.12. The second kappa shape index (κ2) is 4.12. The Morgan fingerprint density at radius 1 is 1.69 bits per heavy atom. The van der Waals surface area contributed by atoms with Crippen molar-refractivity contribution >= 4 is 6.09 Å². The van der Waals surface area contributed by atoms with Crippen molar-refractivity contribution in [1.29, 1.82) is 0 Å². The molecule has 1 fully saturated rings. The average Bonchev–Trinajstić information content (AvgIpc) is 2.43. The van der Waals surface area contributed by atoms with Gasteiger partial charge in [-0.1, -0.05) is 26.5 Å². The summed E-state index contributed by atoms with van der Waals surface area (Å²) in [6, 6.07) is 0.156. The molecule has 0 radical (unpaired) electrons. The first kappa shape index (κ1) is 9.84. The molecule has 1 saturated heterocycles. The molecule has 1 atom stereocenters. The monoisotopic (exact) mass is 181 g/mol. The first-order valence-electron chi connectivity index (χ1n) is 4.41. The van der Waals surface area contributed by atoms with Crippen molar-refractivity contribution in [2.45, 2.75) is 19.9 Å². The van der Waals surface area contributed by atoms with Crippen molar-refractivity contribution in [1.82, 2.24) is 4.90 Å². The van der Waals surface area contributed by atoms with E-state index < -0.39 is 0 Å². The molecule has 0 saturated carbocycles. The highest BCUT2D eigenvalue weighted by Gasteiger charge is 2.32. The predicted molar refractivity (Wildman–Crippen MR) is 51.2 cm³/mol. The first-order valence-corrected chi connectivity index (χ1v) is 4.41. The van der Waals surface area contributed by atoms with Gasteiger partial charge in [0.15, 0.2) is 0 Å². The van der Waals surface area contributed by atoms with Gasteiger partial charge in [0.2, 0.25) is 0 Å². The van der Waals surface area contributed by atoms with Crippen LogP contribution in [0.2, 0.25) is 0 Å². The van der Waals surface area contributed by atoms with E-state index in [-0.39, 0.29) is 12.1 Å². The van der Waals surface area contributed by atoms with Crippen LogP contribution in [-0.2, 0) is 4.74 Å². The second-order valence-electron chi connectivity index (χ2n) is 3.37. The number of allylic oxidation sites excluding steroid dienone is 2. The minimum Gasteiger partial charge on any atom is -0.447 e. The van der Waals surface area contributed by atoms with E-state index in [1.807, 2.05) is 0 Å². The van der Waals surface area contributed by atoms with Gasteiger partial charge in [0, 0.05) is 6.20 Å². The average molecular weight is 181 g/mol. The Balaban J connectivity index is 2.70. The van der Waals surface area contributed by atoms with Crippen molar-refractivity contribution in [3.63, 3.8) is 0 Å². The van der Waals surface area contributed by atoms with Crippen molar-refractivity contribution in [2.24, 2.45) is 5.92 Å². The molecule has 0 aromatic heterocycles. The quantitative estimate of drug-likeness (QED) is 0.624. The normalized spacial score (nSPS) is 22.8. The highest BCUT2D eigenvalue weighted by atomic mass is 16.6. The van der Waals surface area contributed by atoms with E-state index in [0.29, 0.717) is 12.5 Å². The molecule has 1 aliphatic heterocycles. The fourth-order valence-corrected chi connectivity index (χ4v) is 1.29. The van der Waals surface area contributed by atoms with Crippen LogP contribution in [-0.4, -0.2) is 23.6 Å². The second-order valence-corrected chi connectivity index (χ2v) is 3.37. The molecule has 0 aromatic carbocycles. The summed E-state index contributed by atoms with van der Waals surface area (Å²) in [5.74, 6) is 0.404. The van der Waals surface area contributed by atoms with Gasteiger partial charge in [-0.2, -0.15) is 0 Å². The minimum absolute atomic E-state index is 0.156. The van der Waals surface area contributed by atoms with Gasteiger partial charge in [-0.05, 0) is 12.0 Å². The summed E-state index contributed by atoms with van der Waals surface area (Å²) in [7, 11) is 0. The molecule has 0 aromatic rings. The molecule has 0 bridgehead atoms. The summed E-state index contributed by atoms with van der Waals surface area (Å²) in [5, 5.41) is 0. The van der Waals surface area contributed by atoms with Crippen LogP contribution >= 0.6 is 0 Å². The smallest absolute Gasteiger partial charge is 0.414 e. The number of rotatable bonds is 3. The van der Waals surface area contributed by atoms with Crippen LogP contribution in [0.4, 0.5) is 4.79 Å². The standard InChI is InChI=1S/C10H15NO2/c1-4-5-6-11-9(8(2)3)7-13-10(11)12/h4-6,8-9H,1,7H2,2-3H3/b6-5+/t9-/m0/s1. The summed E-state index contributed by atoms with van der Waals surface area (Å²) >= 11 is 0. The molecular formula is C10H15NO2. The Labute approximate surface area is 78.7 Å². The lowest BCUT2D eigenvalue weighted by atomic mass is 10.1. The largest absolute Gasteiger partial charge is 0.447 e. The molecule has 3 heteroatoms. The Bertz CT molecular complexity index is 233. The van der Waals surface area contributed by atoms with Crippen LogP contribution in [0.1, 0.15) is 13.8 Å². The van der Waals surface area contributed by atoms with Gasteiger partial charge in [0.1, 0.15) is 6.61 Å². The first-order chi connectivity index (χ1) is 6.16. The molecule has 0 aliphatic carbocycles. The lowest BCUT2D eigenvalue weighted by Gasteiger charge is -2.20. The van der Waals surface area contributed by atoms with Gasteiger partial charge in [0.25, 0.3) is 0 Å². The highest BCUT2D eigenvalue weighted by Crippen LogP contribution is 2.19. The third kappa shape index (κ3) is 2.11. The number of hydrogen-bond acceptors (Lipinski definition) is 2. The SMILES string of the molecule is C=C/C=C/N1C(=O)OC[C@H]1C(C)C. The molecule has 1 heterocycles. The van der Waals surface area contributed by atoms with Gasteiger partial charge in [-0.25, -0.2) is 4.79 Å². The lowest BCUT2D eigenvalue weighted by Crippen LogP contribution is -2.32. The molecule has 1 aliphatic rings. The van der Waals surface area contributed by atoms with Crippen molar-refractivity contribution in [2.75, 3.05) is 6.61 Å². The maximum absolute atomic E-state index is 11.2. The predicted octanol–water partition coefficient (Wildman–Crippen LogP) is 2.16. The van der Waals surface area contributed by atoms with Crippen molar-refractivity contribution in [3.8, 4) is 0 Å². The third-order valence-corrected chi connectivity index (χ3v) is 2.10. The Morgan fingerprint density at radius 2 is 2.38 bits per heavy atom. The molecule has 0 N–H and O–H groups in total. The molecule has 1 rings (SSSR count). The number of hydrogen-bond donors (Lipinski definition) is 0. The van der Waals surface area contributed by atoms with Crippen LogP contribution < -0.4 is 0 Å². The van der Waals surface area contributed by atoms with E-state index in [1.54, 1.807) is 23.3 Å². The van der Waals surface area contributed by atoms with Crippen LogP contribution in [0, 0.1) is 5.92 Å². The van der Waals surface area contributed by atoms with Crippen LogP contribution in [0.3, 0.4) is 0 Å². The van der Waals surface area contributed by atoms with Gasteiger partial charge >= 0.3 is 6.09 Å². The topological polar surface area (TPSA) is 29.5 Å². The molecule has 0 unspecified atom stereocenters. The van der Waals surface area contributed by atoms with E-state index in [1.165, 1.54) is 0 Å². The van der Waals surface area contributed by atoms with Crippen LogP contribution in [0.25, 0.3) is 0 Å². The Morgan fingerprint density at radius 3 is 2.92 bits per heavy atom. The zero-order valence-electron chi connectivity index (χ0n) is 8.06. The number of ether oxygens (including phenoxy) is 1. The maximum atomic E-state index is 11.2. The summed E-state index contributed by atoms with van der Waals surface area (Å²) in [4.78, 5) is 12.8. The van der Waals surface area contributed by atoms with E-state index in [2.05, 4.69) is 20.4 Å². The molecule has 1 amide bonds. The summed E-state index contributed by atoms with van der Waals surface area (Å²) < 4.78 is 4.94. The maximum Gasteiger partial charge on any atom is 0.414 e. The number of carbonyl (C=O) groups is 1. The van der Waals surface area contributed by atoms with E-state index in [9.17, 15) is 4.79 Å². The molecule has 3 nitrogen and oxygen atoms in total. The molecular weight excluding hydrogens is 166 g/mol. The zero-order chi connectivity index (χ0) is 9.84. The summed E-state index contributed by atoms with van der Waals surface area (Å²) in [5.41, 5.74) is 0. The third-order valence-electron chi connectivity index (χ3n) is 2.10. The van der Waals surface area contributed by atoms with Crippen molar-refractivity contribution < 1.29 is 9.53 Å². The number of carbonyl (C=O) groups excluding carboxylic acids is 1. The number of nitrogens with zero attached hydrogens (tertiary/aromatic N) is 1. The number of cyclic esters (lactones) is 1. The van der Waals surface area contributed by atoms with Gasteiger partial charge in [0.05, 0.1) is 6.04 Å². The van der Waals surface area contributed by atoms with Gasteiger partial charge < -0.3 is 4.74 Å². The summed E-state index contributed by atoms with van der Waals surface area (Å²) in [6.07, 6.45) is 4.83. The fraction of sp³-hybridized carbons (Fsp3) is 0.500. The van der Waals surface area contributed by atoms with Crippen LogP contribution in [0.5, 0.6) is 0 Å². The van der Waals surface area contributed by atoms with E-state index in [0.717, 1.165) is 0 Å². The Hall–Kier alpha value is -1.25. The molecule has 0 spiro atoms. The van der Waals surface area contributed by atoms with E-state index >= 15 is 0 Å². The van der Waals surface area contributed by atoms with Crippen LogP contribution in [0.15, 0.2) is 24.9 Å². The van der Waals surface area contributed by atoms with Gasteiger partial charge in [-0.3, -0.25) is 4.90 Å². The lowest BCUT2D eigenvalue weighted by molar-refractivity contribution is 0.166. The van der Waals surface area contributed by atoms with Crippen molar-refractivity contribution in [3.05, 3.63) is 24.9 Å². The zero-order valence-corrected chi connectivity index (χ0v) is 8.06. The molecule has 72 valence electrons. The van der Waals surface area contributed by atoms with Gasteiger partial charge in [-0.15, -0.1) is 0 Å².